The zero-order valence-corrected chi connectivity index (χ0v) is 5.22. The third-order valence-corrected chi connectivity index (χ3v) is 1.87. The van der Waals surface area contributed by atoms with Crippen LogP contribution < -0.4 is 0 Å². The van der Waals surface area contributed by atoms with Crippen molar-refractivity contribution in [1.29, 1.82) is 0 Å². The SMILES string of the molecule is O=C1C=CC(C(=O)O)S1. The molecule has 1 heterocycles. The van der Waals surface area contributed by atoms with Gasteiger partial charge in [0.05, 0.1) is 0 Å². The molecule has 48 valence electrons. The predicted octanol–water partition coefficient (Wildman–Crippen LogP) is 0.269. The van der Waals surface area contributed by atoms with Crippen LogP contribution in [0.1, 0.15) is 0 Å². The van der Waals surface area contributed by atoms with E-state index in [9.17, 15) is 9.59 Å². The number of carbonyl (C=O) groups excluding carboxylic acids is 1. The first-order chi connectivity index (χ1) is 4.20. The van der Waals surface area contributed by atoms with E-state index in [1.165, 1.54) is 12.2 Å². The third kappa shape index (κ3) is 1.32. The molecule has 9 heavy (non-hydrogen) atoms. The molecule has 1 atom stereocenters. The Morgan fingerprint density at radius 1 is 1.78 bits per heavy atom. The van der Waals surface area contributed by atoms with Crippen LogP contribution in [0.25, 0.3) is 0 Å². The summed E-state index contributed by atoms with van der Waals surface area (Å²) in [6, 6.07) is 0. The van der Waals surface area contributed by atoms with Crippen LogP contribution in [0.2, 0.25) is 0 Å². The van der Waals surface area contributed by atoms with Gasteiger partial charge >= 0.3 is 5.97 Å². The molecule has 0 saturated heterocycles. The van der Waals surface area contributed by atoms with Gasteiger partial charge in [0, 0.05) is 0 Å². The van der Waals surface area contributed by atoms with Crippen LogP contribution in [0.5, 0.6) is 0 Å². The third-order valence-electron chi connectivity index (χ3n) is 0.894. The van der Waals surface area contributed by atoms with Gasteiger partial charge in [-0.05, 0) is 6.08 Å². The molecule has 0 radical (unpaired) electrons. The molecule has 3 nitrogen and oxygen atoms in total. The summed E-state index contributed by atoms with van der Waals surface area (Å²) in [5, 5.41) is 7.47. The Morgan fingerprint density at radius 2 is 2.44 bits per heavy atom. The van der Waals surface area contributed by atoms with Gasteiger partial charge in [-0.15, -0.1) is 0 Å². The number of carboxylic acid groups (broad SMARTS) is 1. The molecule has 1 rings (SSSR count). The summed E-state index contributed by atoms with van der Waals surface area (Å²) in [7, 11) is 0. The number of carboxylic acids is 1. The number of rotatable bonds is 1. The number of hydrogen-bond acceptors (Lipinski definition) is 3. The lowest BCUT2D eigenvalue weighted by Gasteiger charge is -1.94. The summed E-state index contributed by atoms with van der Waals surface area (Å²) >= 11 is 0.824. The van der Waals surface area contributed by atoms with E-state index in [2.05, 4.69) is 0 Å². The van der Waals surface area contributed by atoms with Gasteiger partial charge in [-0.25, -0.2) is 0 Å². The molecule has 0 saturated carbocycles. The van der Waals surface area contributed by atoms with Gasteiger partial charge in [0.15, 0.2) is 0 Å². The Bertz CT molecular complexity index is 185. The molecule has 0 aromatic heterocycles. The van der Waals surface area contributed by atoms with Crippen LogP contribution in [0.3, 0.4) is 0 Å². The fourth-order valence-electron chi connectivity index (χ4n) is 0.502. The monoisotopic (exact) mass is 144 g/mol. The molecule has 1 unspecified atom stereocenters. The van der Waals surface area contributed by atoms with Gasteiger partial charge in [-0.3, -0.25) is 9.59 Å². The van der Waals surface area contributed by atoms with Gasteiger partial charge < -0.3 is 5.11 Å². The van der Waals surface area contributed by atoms with Crippen LogP contribution in [-0.4, -0.2) is 21.4 Å². The lowest BCUT2D eigenvalue weighted by atomic mass is 10.4. The van der Waals surface area contributed by atoms with Crippen molar-refractivity contribution in [3.63, 3.8) is 0 Å². The Hall–Kier alpha value is -0.770. The molecule has 0 fully saturated rings. The fourth-order valence-corrected chi connectivity index (χ4v) is 1.17. The van der Waals surface area contributed by atoms with E-state index in [4.69, 9.17) is 5.11 Å². The second-order valence-corrected chi connectivity index (χ2v) is 2.70. The highest BCUT2D eigenvalue weighted by molar-refractivity contribution is 8.15. The van der Waals surface area contributed by atoms with Crippen LogP contribution in [-0.2, 0) is 9.59 Å². The Kier molecular flexibility index (Phi) is 1.57. The molecule has 0 aromatic rings. The summed E-state index contributed by atoms with van der Waals surface area (Å²) in [5.74, 6) is -0.956. The average molecular weight is 144 g/mol. The van der Waals surface area contributed by atoms with Gasteiger partial charge in [0.1, 0.15) is 5.25 Å². The van der Waals surface area contributed by atoms with Gasteiger partial charge in [0.2, 0.25) is 5.12 Å². The first-order valence-corrected chi connectivity index (χ1v) is 3.20. The van der Waals surface area contributed by atoms with Crippen LogP contribution >= 0.6 is 11.8 Å². The quantitative estimate of drug-likeness (QED) is 0.574. The van der Waals surface area contributed by atoms with Gasteiger partial charge in [-0.1, -0.05) is 17.8 Å². The molecule has 0 spiro atoms. The van der Waals surface area contributed by atoms with E-state index >= 15 is 0 Å². The summed E-state index contributed by atoms with van der Waals surface area (Å²) in [4.78, 5) is 20.5. The van der Waals surface area contributed by atoms with E-state index in [1.54, 1.807) is 0 Å². The van der Waals surface area contributed by atoms with E-state index in [-0.39, 0.29) is 5.12 Å². The van der Waals surface area contributed by atoms with Crippen molar-refractivity contribution in [2.45, 2.75) is 5.25 Å². The molecular weight excluding hydrogens is 140 g/mol. The summed E-state index contributed by atoms with van der Waals surface area (Å²) in [6.45, 7) is 0. The Morgan fingerprint density at radius 3 is 2.67 bits per heavy atom. The number of aliphatic carboxylic acids is 1. The highest BCUT2D eigenvalue weighted by Gasteiger charge is 2.22. The summed E-state index contributed by atoms with van der Waals surface area (Å²) in [5.41, 5.74) is 0. The minimum Gasteiger partial charge on any atom is -0.480 e. The zero-order chi connectivity index (χ0) is 6.85. The average Bonchev–Trinajstić information content (AvgIpc) is 2.14. The molecule has 0 bridgehead atoms. The maximum Gasteiger partial charge on any atom is 0.321 e. The fraction of sp³-hybridized carbons (Fsp3) is 0.200. The van der Waals surface area contributed by atoms with Crippen molar-refractivity contribution < 1.29 is 14.7 Å². The van der Waals surface area contributed by atoms with E-state index in [1.807, 2.05) is 0 Å². The molecule has 1 N–H and O–H groups in total. The lowest BCUT2D eigenvalue weighted by molar-refractivity contribution is -0.135. The standard InChI is InChI=1S/C5H4O3S/c6-4-2-1-3(9-4)5(7)8/h1-3H,(H,7,8). The molecule has 0 aliphatic carbocycles. The highest BCUT2D eigenvalue weighted by atomic mass is 32.2. The predicted molar refractivity (Wildman–Crippen MR) is 33.2 cm³/mol. The maximum absolute atomic E-state index is 10.4. The second kappa shape index (κ2) is 2.23. The first-order valence-electron chi connectivity index (χ1n) is 2.32. The minimum atomic E-state index is -0.956. The molecule has 1 aliphatic rings. The first kappa shape index (κ1) is 6.35. The molecule has 0 amide bonds. The molecule has 1 aliphatic heterocycles. The van der Waals surface area contributed by atoms with E-state index in [0.29, 0.717) is 0 Å². The number of carbonyl (C=O) groups is 2. The molecule has 0 aromatic carbocycles. The largest absolute Gasteiger partial charge is 0.480 e. The summed E-state index contributed by atoms with van der Waals surface area (Å²) in [6.07, 6.45) is 2.67. The van der Waals surface area contributed by atoms with E-state index < -0.39 is 11.2 Å². The van der Waals surface area contributed by atoms with Gasteiger partial charge in [0.25, 0.3) is 0 Å². The summed E-state index contributed by atoms with van der Waals surface area (Å²) < 4.78 is 0. The smallest absolute Gasteiger partial charge is 0.321 e. The van der Waals surface area contributed by atoms with Crippen molar-refractivity contribution >= 4 is 22.8 Å². The van der Waals surface area contributed by atoms with Crippen molar-refractivity contribution in [3.05, 3.63) is 12.2 Å². The van der Waals surface area contributed by atoms with Crippen molar-refractivity contribution in [2.24, 2.45) is 0 Å². The maximum atomic E-state index is 10.4. The zero-order valence-electron chi connectivity index (χ0n) is 4.40. The van der Waals surface area contributed by atoms with Crippen molar-refractivity contribution in [1.82, 2.24) is 0 Å². The van der Waals surface area contributed by atoms with Crippen LogP contribution in [0.15, 0.2) is 12.2 Å². The van der Waals surface area contributed by atoms with Gasteiger partial charge in [-0.2, -0.15) is 0 Å². The molecular formula is C5H4O3S. The Labute approximate surface area is 55.7 Å². The highest BCUT2D eigenvalue weighted by Crippen LogP contribution is 2.20. The van der Waals surface area contributed by atoms with Crippen LogP contribution in [0.4, 0.5) is 0 Å². The minimum absolute atomic E-state index is 0.178. The number of hydrogen-bond donors (Lipinski definition) is 1. The van der Waals surface area contributed by atoms with Crippen molar-refractivity contribution in [3.8, 4) is 0 Å². The molecule has 4 heteroatoms. The van der Waals surface area contributed by atoms with Crippen LogP contribution in [0, 0.1) is 0 Å². The topological polar surface area (TPSA) is 54.4 Å². The lowest BCUT2D eigenvalue weighted by Crippen LogP contribution is -2.10. The van der Waals surface area contributed by atoms with Crippen molar-refractivity contribution in [2.75, 3.05) is 0 Å². The number of thioether (sulfide) groups is 1. The normalized spacial score (nSPS) is 24.9. The Balaban J connectivity index is 2.60. The van der Waals surface area contributed by atoms with E-state index in [0.717, 1.165) is 11.8 Å². The second-order valence-electron chi connectivity index (χ2n) is 1.55.